The van der Waals surface area contributed by atoms with Crippen molar-refractivity contribution in [3.05, 3.63) is 132 Å². The number of likely N-dealkylation sites (N-methyl/N-ethyl adjacent to an activating group) is 1. The molecule has 10 heterocycles. The fraction of sp³-hybridized carbons (Fsp3) is 0.344. The van der Waals surface area contributed by atoms with E-state index < -0.39 is 29.9 Å². The lowest BCUT2D eigenvalue weighted by molar-refractivity contribution is 0.0510. The average Bonchev–Trinajstić information content (AvgIpc) is 1.75. The van der Waals surface area contributed by atoms with Crippen LogP contribution in [0.25, 0.3) is 11.3 Å². The molecule has 0 saturated carbocycles. The molecule has 5 N–H and O–H groups in total. The van der Waals surface area contributed by atoms with E-state index in [1.165, 1.54) is 59.7 Å². The molecule has 7 aromatic rings. The van der Waals surface area contributed by atoms with Crippen molar-refractivity contribution in [2.75, 3.05) is 101 Å². The van der Waals surface area contributed by atoms with Crippen molar-refractivity contribution in [1.82, 2.24) is 74.3 Å². The van der Waals surface area contributed by atoms with Gasteiger partial charge in [-0.1, -0.05) is 11.6 Å². The summed E-state index contributed by atoms with van der Waals surface area (Å²) >= 11 is 6.28. The molecule has 11 rings (SSSR count). The van der Waals surface area contributed by atoms with Crippen molar-refractivity contribution in [1.29, 1.82) is 0 Å². The lowest BCUT2D eigenvalue weighted by Crippen LogP contribution is -2.46. The normalized spacial score (nSPS) is 14.6. The third-order valence-corrected chi connectivity index (χ3v) is 15.5. The number of urea groups is 7. The molecule has 0 aliphatic carbocycles. The molecule has 0 bridgehead atoms. The first kappa shape index (κ1) is 70.0. The minimum atomic E-state index is -0.800. The Morgan fingerprint density at radius 2 is 1.30 bits per heavy atom. The van der Waals surface area contributed by atoms with Gasteiger partial charge in [-0.3, -0.25) is 35.4 Å². The van der Waals surface area contributed by atoms with Crippen molar-refractivity contribution >= 4 is 82.9 Å². The Bertz CT molecular complexity index is 4060. The number of ether oxygens (including phenoxy) is 4. The molecule has 4 saturated heterocycles. The fourth-order valence-electron chi connectivity index (χ4n) is 10.0. The molecular weight excluding hydrogens is 1280 g/mol. The van der Waals surface area contributed by atoms with Crippen LogP contribution in [0.5, 0.6) is 34.5 Å². The number of imide groups is 3. The molecule has 0 unspecified atom stereocenters. The summed E-state index contributed by atoms with van der Waals surface area (Å²) in [5, 5.41) is 17.0. The summed E-state index contributed by atoms with van der Waals surface area (Å²) < 4.78 is 39.2. The van der Waals surface area contributed by atoms with Gasteiger partial charge in [-0.05, 0) is 96.0 Å². The molecule has 6 aromatic heterocycles. The third-order valence-electron chi connectivity index (χ3n) is 15.2. The van der Waals surface area contributed by atoms with Crippen LogP contribution in [0.15, 0.2) is 110 Å². The van der Waals surface area contributed by atoms with E-state index in [1.54, 1.807) is 89.2 Å². The maximum Gasteiger partial charge on any atom is 0.331 e. The topological polar surface area (TPSA) is 339 Å². The van der Waals surface area contributed by atoms with Crippen LogP contribution in [0.2, 0.25) is 5.02 Å². The van der Waals surface area contributed by atoms with Crippen molar-refractivity contribution in [2.24, 2.45) is 7.05 Å². The summed E-state index contributed by atoms with van der Waals surface area (Å²) in [7, 11) is 6.53. The van der Waals surface area contributed by atoms with Crippen LogP contribution in [0.3, 0.4) is 0 Å². The minimum Gasteiger partial charge on any atom is -0.456 e. The number of aromatic nitrogens is 7. The SMILES string of the molecule is CCN1CCN(C(=O)Nc2ccc(Oc3ccnc(-c4cnn(C)c4)c3)c(C)n2)C1=O.CN(C)C(=O)Nc1cc(Oc2cc(F)c(NC(=O)N3CCN(C4CCOCC4)C3=O)cc2Cl)ccn1.CNC(=O)c1cc(Oc2ccc(NC(=O)N3CCN(C(C)(C)C)C3=O)nc2)ccn1. The maximum atomic E-state index is 14.8. The molecule has 4 fully saturated rings. The number of carbonyl (C=O) groups is 8. The Balaban J connectivity index is 0.000000171. The van der Waals surface area contributed by atoms with E-state index >= 15 is 0 Å². The van der Waals surface area contributed by atoms with Crippen LogP contribution in [-0.4, -0.2) is 209 Å². The molecule has 15 amide bonds. The quantitative estimate of drug-likeness (QED) is 0.0675. The Labute approximate surface area is 562 Å². The lowest BCUT2D eigenvalue weighted by Gasteiger charge is -2.31. The second-order valence-corrected chi connectivity index (χ2v) is 23.6. The molecule has 0 atom stereocenters. The maximum absolute atomic E-state index is 14.8. The molecule has 0 spiro atoms. The van der Waals surface area contributed by atoms with Crippen LogP contribution in [0.4, 0.5) is 61.1 Å². The van der Waals surface area contributed by atoms with E-state index in [0.29, 0.717) is 99.8 Å². The Morgan fingerprint density at radius 1 is 0.670 bits per heavy atom. The van der Waals surface area contributed by atoms with Gasteiger partial charge in [-0.2, -0.15) is 5.10 Å². The number of anilines is 4. The van der Waals surface area contributed by atoms with Crippen LogP contribution in [0.1, 0.15) is 56.7 Å². The zero-order valence-electron chi connectivity index (χ0n) is 54.7. The number of aryl methyl sites for hydroxylation is 2. The van der Waals surface area contributed by atoms with Crippen molar-refractivity contribution in [2.45, 2.75) is 59.0 Å². The highest BCUT2D eigenvalue weighted by Crippen LogP contribution is 2.35. The number of amides is 15. The van der Waals surface area contributed by atoms with Crippen LogP contribution in [0, 0.1) is 12.7 Å². The van der Waals surface area contributed by atoms with Crippen molar-refractivity contribution in [3.63, 3.8) is 0 Å². The van der Waals surface area contributed by atoms with Crippen molar-refractivity contribution in [3.8, 4) is 45.8 Å². The predicted molar refractivity (Wildman–Crippen MR) is 353 cm³/mol. The van der Waals surface area contributed by atoms with Gasteiger partial charge in [0.15, 0.2) is 5.82 Å². The summed E-state index contributed by atoms with van der Waals surface area (Å²) in [6.07, 6.45) is 11.0. The first-order chi connectivity index (χ1) is 46.3. The molecule has 31 nitrogen and oxygen atoms in total. The standard InChI is InChI=1S/C23H26ClFN6O5.C21H23N7O3.C20H24N6O4/c1-29(2)21(32)28-20-11-15(3-6-26-20)36-19-13-17(25)18(12-16(19)24)27-22(33)31-8-7-30(23(31)34)14-4-9-35-10-5-14;1-4-27-9-10-28(21(27)30)20(29)25-19-6-5-18(14(2)24-19)31-16-7-8-22-17(11-16)15-12-23-26(3)13-15;1-20(2,3)26-10-9-25(19(26)29)18(28)24-16-6-5-14(12-23-16)30-13-7-8-22-15(11-13)17(27)21-4/h3,6,11-14H,4-5,7-10H2,1-2H3,(H,27,33)(H,26,28,32);5-8,11-13H,4,9-10H2,1-3H3,(H,24,25,29);5-8,11-12H,9-10H2,1-4H3,(H,21,27)(H,23,24,28). The minimum absolute atomic E-state index is 0.00815. The van der Waals surface area contributed by atoms with Gasteiger partial charge in [-0.25, -0.2) is 67.6 Å². The molecule has 4 aliphatic heterocycles. The lowest BCUT2D eigenvalue weighted by atomic mass is 10.1. The van der Waals surface area contributed by atoms with Gasteiger partial charge >= 0.3 is 42.2 Å². The number of pyridine rings is 5. The number of nitrogens with zero attached hydrogens (tertiary/aromatic N) is 14. The van der Waals surface area contributed by atoms with Gasteiger partial charge in [0.05, 0.1) is 34.5 Å². The van der Waals surface area contributed by atoms with Gasteiger partial charge in [0, 0.05) is 153 Å². The number of rotatable bonds is 14. The average molecular weight is 1350 g/mol. The van der Waals surface area contributed by atoms with Gasteiger partial charge in [0.1, 0.15) is 57.6 Å². The third kappa shape index (κ3) is 17.9. The zero-order chi connectivity index (χ0) is 69.7. The Morgan fingerprint density at radius 3 is 1.94 bits per heavy atom. The highest BCUT2D eigenvalue weighted by molar-refractivity contribution is 6.32. The number of carbonyl (C=O) groups excluding carboxylic acids is 8. The van der Waals surface area contributed by atoms with E-state index in [1.807, 2.05) is 47.0 Å². The van der Waals surface area contributed by atoms with Gasteiger partial charge < -0.3 is 49.2 Å². The largest absolute Gasteiger partial charge is 0.456 e. The number of halogens is 2. The highest BCUT2D eigenvalue weighted by Gasteiger charge is 2.40. The molecule has 1 aromatic carbocycles. The van der Waals surface area contributed by atoms with E-state index in [4.69, 9.17) is 30.5 Å². The van der Waals surface area contributed by atoms with E-state index in [-0.39, 0.29) is 81.7 Å². The van der Waals surface area contributed by atoms with Gasteiger partial charge in [0.25, 0.3) is 5.91 Å². The highest BCUT2D eigenvalue weighted by atomic mass is 35.5. The Hall–Kier alpha value is -11.3. The molecule has 0 radical (unpaired) electrons. The summed E-state index contributed by atoms with van der Waals surface area (Å²) in [5.41, 5.74) is 1.92. The van der Waals surface area contributed by atoms with Crippen LogP contribution in [-0.2, 0) is 11.8 Å². The van der Waals surface area contributed by atoms with Crippen LogP contribution < -0.4 is 40.8 Å². The molecular formula is C64H73ClFN19O12. The van der Waals surface area contributed by atoms with Gasteiger partial charge in [-0.15, -0.1) is 0 Å². The van der Waals surface area contributed by atoms with Gasteiger partial charge in [0.2, 0.25) is 0 Å². The number of hydrogen-bond acceptors (Lipinski definition) is 18. The monoisotopic (exact) mass is 1350 g/mol. The second kappa shape index (κ2) is 31.3. The van der Waals surface area contributed by atoms with E-state index in [2.05, 4.69) is 56.6 Å². The second-order valence-electron chi connectivity index (χ2n) is 23.2. The fourth-order valence-corrected chi connectivity index (χ4v) is 10.2. The summed E-state index contributed by atoms with van der Waals surface area (Å²) in [6.45, 7) is 13.5. The molecule has 33 heteroatoms. The number of benzene rings is 1. The van der Waals surface area contributed by atoms with Crippen molar-refractivity contribution < 1.29 is 61.7 Å². The molecule has 97 heavy (non-hydrogen) atoms. The first-order valence-electron chi connectivity index (χ1n) is 30.6. The Kier molecular flexibility index (Phi) is 22.6. The molecule has 4 aliphatic rings. The smallest absolute Gasteiger partial charge is 0.331 e. The zero-order valence-corrected chi connectivity index (χ0v) is 55.4. The first-order valence-corrected chi connectivity index (χ1v) is 31.0. The van der Waals surface area contributed by atoms with E-state index in [9.17, 15) is 42.7 Å². The summed E-state index contributed by atoms with van der Waals surface area (Å²) in [4.78, 5) is 129. The summed E-state index contributed by atoms with van der Waals surface area (Å²) in [6, 6.07) is 15.3. The molecule has 510 valence electrons. The summed E-state index contributed by atoms with van der Waals surface area (Å²) in [5.74, 6) is 2.00. The van der Waals surface area contributed by atoms with E-state index in [0.717, 1.165) is 27.1 Å². The predicted octanol–water partition coefficient (Wildman–Crippen LogP) is 10.2. The number of nitrogens with one attached hydrogen (secondary N) is 5. The van der Waals surface area contributed by atoms with Crippen LogP contribution >= 0.6 is 11.6 Å². The number of hydrogen-bond donors (Lipinski definition) is 5.